The molecule has 0 aliphatic carbocycles. The summed E-state index contributed by atoms with van der Waals surface area (Å²) in [7, 11) is 1.90. The Morgan fingerprint density at radius 2 is 2.07 bits per heavy atom. The molecule has 0 saturated heterocycles. The van der Waals surface area contributed by atoms with Crippen LogP contribution in [0.25, 0.3) is 22.3 Å². The minimum Gasteiger partial charge on any atom is -0.250 e. The van der Waals surface area contributed by atoms with Gasteiger partial charge in [0.15, 0.2) is 5.82 Å². The Hall–Kier alpha value is -1.42. The van der Waals surface area contributed by atoms with Crippen molar-refractivity contribution < 1.29 is 0 Å². The van der Waals surface area contributed by atoms with Crippen molar-refractivity contribution in [1.82, 2.24) is 14.8 Å². The van der Waals surface area contributed by atoms with Gasteiger partial charge in [-0.1, -0.05) is 18.2 Å². The molecule has 2 aliphatic heterocycles. The molecule has 15 heavy (non-hydrogen) atoms. The minimum absolute atomic E-state index is 0.908. The lowest BCUT2D eigenvalue weighted by molar-refractivity contribution is 0.733. The molecule has 1 aromatic carbocycles. The number of hydrogen-bond acceptors (Lipinski definition) is 2. The molecule has 0 atom stereocenters. The lowest BCUT2D eigenvalue weighted by atomic mass is 10.1. The van der Waals surface area contributed by atoms with E-state index >= 15 is 0 Å². The first-order chi connectivity index (χ1) is 7.27. The van der Waals surface area contributed by atoms with Gasteiger partial charge in [-0.25, -0.2) is 4.98 Å². The second-order valence-corrected chi connectivity index (χ2v) is 4.30. The normalized spacial score (nSPS) is 11.3. The van der Waals surface area contributed by atoms with Gasteiger partial charge >= 0.3 is 0 Å². The predicted molar refractivity (Wildman–Crippen MR) is 62.8 cm³/mol. The van der Waals surface area contributed by atoms with Crippen LogP contribution in [0.4, 0.5) is 0 Å². The van der Waals surface area contributed by atoms with Crippen LogP contribution >= 0.6 is 15.9 Å². The van der Waals surface area contributed by atoms with Crippen molar-refractivity contribution in [2.24, 2.45) is 7.05 Å². The zero-order valence-electron chi connectivity index (χ0n) is 8.11. The molecule has 3 rings (SSSR count). The van der Waals surface area contributed by atoms with Crippen molar-refractivity contribution in [1.29, 1.82) is 0 Å². The van der Waals surface area contributed by atoms with Gasteiger partial charge in [-0.3, -0.25) is 4.68 Å². The molecule has 0 radical (unpaired) electrons. The second kappa shape index (κ2) is 3.03. The highest BCUT2D eigenvalue weighted by molar-refractivity contribution is 9.10. The Labute approximate surface area is 95.2 Å². The number of aromatic nitrogens is 3. The van der Waals surface area contributed by atoms with Crippen LogP contribution in [0, 0.1) is 0 Å². The fraction of sp³-hybridized carbons (Fsp3) is 0.0909. The highest BCUT2D eigenvalue weighted by atomic mass is 79.9. The quantitative estimate of drug-likeness (QED) is 0.623. The average Bonchev–Trinajstić information content (AvgIpc) is 2.64. The zero-order chi connectivity index (χ0) is 10.4. The van der Waals surface area contributed by atoms with Gasteiger partial charge in [0.05, 0.1) is 11.7 Å². The first kappa shape index (κ1) is 8.85. The van der Waals surface area contributed by atoms with Crippen molar-refractivity contribution in [3.8, 4) is 11.4 Å². The van der Waals surface area contributed by atoms with Crippen molar-refractivity contribution in [3.63, 3.8) is 0 Å². The topological polar surface area (TPSA) is 30.7 Å². The molecule has 2 aliphatic rings. The largest absolute Gasteiger partial charge is 0.250 e. The molecule has 0 fully saturated rings. The summed E-state index contributed by atoms with van der Waals surface area (Å²) in [6.45, 7) is 0. The molecular weight excluding hydrogens is 254 g/mol. The molecule has 0 aromatic heterocycles. The number of para-hydroxylation sites is 1. The molecule has 0 saturated carbocycles. The van der Waals surface area contributed by atoms with Gasteiger partial charge in [-0.15, -0.1) is 0 Å². The summed E-state index contributed by atoms with van der Waals surface area (Å²) in [6.07, 6.45) is 1.80. The Morgan fingerprint density at radius 3 is 2.93 bits per heavy atom. The van der Waals surface area contributed by atoms with Crippen LogP contribution in [0.2, 0.25) is 0 Å². The molecule has 74 valence electrons. The highest BCUT2D eigenvalue weighted by Gasteiger charge is 2.16. The van der Waals surface area contributed by atoms with E-state index in [0.29, 0.717) is 0 Å². The summed E-state index contributed by atoms with van der Waals surface area (Å²) >= 11 is 3.52. The SMILES string of the molecule is Cn1ncc(Br)c2c3ccccc3nc1-2. The number of nitrogens with zero attached hydrogens (tertiary/aromatic N) is 3. The van der Waals surface area contributed by atoms with E-state index in [1.165, 1.54) is 0 Å². The van der Waals surface area contributed by atoms with Crippen LogP contribution in [0.3, 0.4) is 0 Å². The maximum absolute atomic E-state index is 4.55. The standard InChI is InChI=1S/C11H8BrN3/c1-15-11-10(8(12)6-13-15)7-4-2-3-5-9(7)14-11/h2-6H,1H3. The van der Waals surface area contributed by atoms with E-state index in [0.717, 1.165) is 26.8 Å². The van der Waals surface area contributed by atoms with Crippen LogP contribution in [-0.4, -0.2) is 14.8 Å². The summed E-state index contributed by atoms with van der Waals surface area (Å²) in [5.41, 5.74) is 2.14. The maximum atomic E-state index is 4.55. The van der Waals surface area contributed by atoms with Gasteiger partial charge < -0.3 is 0 Å². The van der Waals surface area contributed by atoms with E-state index in [4.69, 9.17) is 0 Å². The van der Waals surface area contributed by atoms with E-state index in [1.807, 2.05) is 25.2 Å². The van der Waals surface area contributed by atoms with E-state index in [9.17, 15) is 0 Å². The number of halogens is 1. The Morgan fingerprint density at radius 1 is 1.27 bits per heavy atom. The molecule has 0 unspecified atom stereocenters. The van der Waals surface area contributed by atoms with Crippen molar-refractivity contribution >= 4 is 26.8 Å². The van der Waals surface area contributed by atoms with Crippen LogP contribution in [0.1, 0.15) is 0 Å². The van der Waals surface area contributed by atoms with E-state index in [-0.39, 0.29) is 0 Å². The van der Waals surface area contributed by atoms with Gasteiger partial charge in [0.25, 0.3) is 0 Å². The van der Waals surface area contributed by atoms with Crippen molar-refractivity contribution in [3.05, 3.63) is 34.9 Å². The van der Waals surface area contributed by atoms with Gasteiger partial charge in [0.1, 0.15) is 0 Å². The fourth-order valence-electron chi connectivity index (χ4n) is 1.80. The lowest BCUT2D eigenvalue weighted by Crippen LogP contribution is -2.01. The summed E-state index contributed by atoms with van der Waals surface area (Å²) < 4.78 is 2.78. The zero-order valence-corrected chi connectivity index (χ0v) is 9.69. The smallest absolute Gasteiger partial charge is 0.158 e. The van der Waals surface area contributed by atoms with Gasteiger partial charge in [-0.05, 0) is 22.0 Å². The number of fused-ring (bicyclic) bond motifs is 3. The van der Waals surface area contributed by atoms with Crippen LogP contribution in [0.15, 0.2) is 34.9 Å². The Bertz CT molecular complexity index is 615. The van der Waals surface area contributed by atoms with E-state index in [2.05, 4.69) is 32.1 Å². The Kier molecular flexibility index (Phi) is 1.79. The third-order valence-electron chi connectivity index (χ3n) is 2.51. The fourth-order valence-corrected chi connectivity index (χ4v) is 2.28. The number of rotatable bonds is 0. The molecule has 0 N–H and O–H groups in total. The number of benzene rings is 1. The number of hydrogen-bond donors (Lipinski definition) is 0. The first-order valence-electron chi connectivity index (χ1n) is 4.63. The molecule has 4 heteroatoms. The monoisotopic (exact) mass is 261 g/mol. The third kappa shape index (κ3) is 1.18. The third-order valence-corrected chi connectivity index (χ3v) is 3.11. The van der Waals surface area contributed by atoms with Gasteiger partial charge in [0, 0.05) is 22.5 Å². The summed E-state index contributed by atoms with van der Waals surface area (Å²) in [5, 5.41) is 5.37. The van der Waals surface area contributed by atoms with Crippen LogP contribution in [-0.2, 0) is 7.05 Å². The van der Waals surface area contributed by atoms with Gasteiger partial charge in [0.2, 0.25) is 0 Å². The summed E-state index contributed by atoms with van der Waals surface area (Å²) in [5.74, 6) is 0.908. The second-order valence-electron chi connectivity index (χ2n) is 3.44. The molecule has 1 aromatic rings. The lowest BCUT2D eigenvalue weighted by Gasteiger charge is -2.05. The summed E-state index contributed by atoms with van der Waals surface area (Å²) in [6, 6.07) is 8.11. The van der Waals surface area contributed by atoms with E-state index in [1.54, 1.807) is 10.9 Å². The molecule has 3 nitrogen and oxygen atoms in total. The summed E-state index contributed by atoms with van der Waals surface area (Å²) in [4.78, 5) is 4.55. The Balaban J connectivity index is 2.57. The van der Waals surface area contributed by atoms with Gasteiger partial charge in [-0.2, -0.15) is 5.10 Å². The van der Waals surface area contributed by atoms with E-state index < -0.39 is 0 Å². The molecule has 0 bridgehead atoms. The molecule has 0 amide bonds. The van der Waals surface area contributed by atoms with Crippen LogP contribution < -0.4 is 0 Å². The highest BCUT2D eigenvalue weighted by Crippen LogP contribution is 2.35. The predicted octanol–water partition coefficient (Wildman–Crippen LogP) is 2.84. The molecule has 2 heterocycles. The molecule has 0 spiro atoms. The van der Waals surface area contributed by atoms with Crippen LogP contribution in [0.5, 0.6) is 0 Å². The molecular formula is C11H8BrN3. The van der Waals surface area contributed by atoms with Crippen molar-refractivity contribution in [2.45, 2.75) is 0 Å². The average molecular weight is 262 g/mol. The maximum Gasteiger partial charge on any atom is 0.158 e. The van der Waals surface area contributed by atoms with Crippen molar-refractivity contribution in [2.75, 3.05) is 0 Å². The first-order valence-corrected chi connectivity index (χ1v) is 5.42. The minimum atomic E-state index is 0.908. The number of aryl methyl sites for hydroxylation is 1.